The fraction of sp³-hybridized carbons (Fsp3) is 0.200. The van der Waals surface area contributed by atoms with E-state index in [4.69, 9.17) is 4.42 Å². The third kappa shape index (κ3) is 5.04. The first-order valence-corrected chi connectivity index (χ1v) is 13.5. The molecule has 1 atom stereocenters. The number of hydrogen-bond acceptors (Lipinski definition) is 7. The number of thiazole rings is 1. The van der Waals surface area contributed by atoms with Crippen LogP contribution >= 0.6 is 11.3 Å². The van der Waals surface area contributed by atoms with Crippen molar-refractivity contribution in [2.75, 3.05) is 0 Å². The first-order chi connectivity index (χ1) is 17.8. The van der Waals surface area contributed by atoms with E-state index in [1.165, 1.54) is 47.7 Å². The van der Waals surface area contributed by atoms with Gasteiger partial charge in [0, 0.05) is 16.3 Å². The summed E-state index contributed by atoms with van der Waals surface area (Å²) in [6, 6.07) is 12.1. The van der Waals surface area contributed by atoms with Crippen molar-refractivity contribution < 1.29 is 40.6 Å². The van der Waals surface area contributed by atoms with Crippen LogP contribution in [0.15, 0.2) is 63.9 Å². The highest BCUT2D eigenvalue weighted by atomic mass is 32.2. The van der Waals surface area contributed by atoms with Crippen LogP contribution < -0.4 is 9.46 Å². The fourth-order valence-corrected chi connectivity index (χ4v) is 6.34. The molecule has 0 aliphatic carbocycles. The molecule has 0 amide bonds. The van der Waals surface area contributed by atoms with Gasteiger partial charge in [0.15, 0.2) is 0 Å². The highest BCUT2D eigenvalue weighted by Crippen LogP contribution is 2.37. The standard InChI is InChI=1S/C25H19F3N2O6S2/c1-12(2)22(24(31)32)30-38(33,34)15-5-8-19-17(11-15)16-6-3-13(9-20(16)35-19)23-29-18-7-4-14(10-21(18)37-23)36-25(26,27)28/h3-12,22,30H,1-2H3,(H,31,32)/t22-/m1/s1. The van der Waals surface area contributed by atoms with Gasteiger partial charge in [-0.3, -0.25) is 4.79 Å². The molecule has 2 heterocycles. The lowest BCUT2D eigenvalue weighted by atomic mass is 10.1. The SMILES string of the molecule is CC(C)[C@@H](NS(=O)(=O)c1ccc2oc3cc(-c4nc5ccc(OC(F)(F)F)cc5s4)ccc3c2c1)C(=O)O. The van der Waals surface area contributed by atoms with Gasteiger partial charge in [0.25, 0.3) is 0 Å². The van der Waals surface area contributed by atoms with Crippen molar-refractivity contribution in [3.8, 4) is 16.3 Å². The molecule has 0 radical (unpaired) electrons. The molecule has 13 heteroatoms. The lowest BCUT2D eigenvalue weighted by molar-refractivity contribution is -0.274. The summed E-state index contributed by atoms with van der Waals surface area (Å²) < 4.78 is 76.1. The number of sulfonamides is 1. The summed E-state index contributed by atoms with van der Waals surface area (Å²) in [4.78, 5) is 15.9. The Morgan fingerprint density at radius 2 is 1.82 bits per heavy atom. The number of nitrogens with zero attached hydrogens (tertiary/aromatic N) is 1. The number of rotatable bonds is 7. The molecule has 5 aromatic rings. The molecule has 2 aromatic heterocycles. The number of carboxylic acids is 1. The molecular formula is C25H19F3N2O6S2. The third-order valence-corrected chi connectivity index (χ3v) is 8.31. The number of alkyl halides is 3. The van der Waals surface area contributed by atoms with Crippen molar-refractivity contribution in [2.24, 2.45) is 5.92 Å². The van der Waals surface area contributed by atoms with Crippen LogP contribution in [0.4, 0.5) is 13.2 Å². The number of hydrogen-bond donors (Lipinski definition) is 2. The van der Waals surface area contributed by atoms with Crippen LogP contribution in [0.25, 0.3) is 42.7 Å². The van der Waals surface area contributed by atoms with Crippen molar-refractivity contribution in [2.45, 2.75) is 31.1 Å². The van der Waals surface area contributed by atoms with Crippen LogP contribution in [0.2, 0.25) is 0 Å². The summed E-state index contributed by atoms with van der Waals surface area (Å²) in [5.41, 5.74) is 2.04. The first kappa shape index (κ1) is 25.9. The molecular weight excluding hydrogens is 545 g/mol. The summed E-state index contributed by atoms with van der Waals surface area (Å²) in [6.07, 6.45) is -4.80. The summed E-state index contributed by atoms with van der Waals surface area (Å²) in [6.45, 7) is 3.21. The van der Waals surface area contributed by atoms with E-state index in [2.05, 4.69) is 14.4 Å². The van der Waals surface area contributed by atoms with Gasteiger partial charge >= 0.3 is 12.3 Å². The monoisotopic (exact) mass is 564 g/mol. The lowest BCUT2D eigenvalue weighted by Crippen LogP contribution is -2.44. The van der Waals surface area contributed by atoms with Crippen LogP contribution in [-0.2, 0) is 14.8 Å². The van der Waals surface area contributed by atoms with Crippen molar-refractivity contribution >= 4 is 59.5 Å². The van der Waals surface area contributed by atoms with Gasteiger partial charge in [0.1, 0.15) is 28.0 Å². The zero-order valence-corrected chi connectivity index (χ0v) is 21.4. The number of furan rings is 1. The molecule has 0 bridgehead atoms. The van der Waals surface area contributed by atoms with E-state index in [1.807, 2.05) is 0 Å². The molecule has 38 heavy (non-hydrogen) atoms. The van der Waals surface area contributed by atoms with E-state index in [9.17, 15) is 31.5 Å². The van der Waals surface area contributed by atoms with E-state index in [0.29, 0.717) is 42.7 Å². The highest BCUT2D eigenvalue weighted by Gasteiger charge is 2.31. The van der Waals surface area contributed by atoms with E-state index in [0.717, 1.165) is 0 Å². The minimum absolute atomic E-state index is 0.105. The Morgan fingerprint density at radius 3 is 2.50 bits per heavy atom. The maximum absolute atomic E-state index is 12.9. The number of carbonyl (C=O) groups is 1. The van der Waals surface area contributed by atoms with Gasteiger partial charge < -0.3 is 14.3 Å². The second-order valence-corrected chi connectivity index (χ2v) is 11.6. The smallest absolute Gasteiger partial charge is 0.480 e. The lowest BCUT2D eigenvalue weighted by Gasteiger charge is -2.17. The Kier molecular flexibility index (Phi) is 6.32. The number of nitrogens with one attached hydrogen (secondary N) is 1. The molecule has 2 N–H and O–H groups in total. The maximum Gasteiger partial charge on any atom is 0.573 e. The Labute approximate surface area is 217 Å². The van der Waals surface area contributed by atoms with E-state index < -0.39 is 34.3 Å². The van der Waals surface area contributed by atoms with Crippen LogP contribution in [0, 0.1) is 5.92 Å². The average Bonchev–Trinajstić information content (AvgIpc) is 3.41. The summed E-state index contributed by atoms with van der Waals surface area (Å²) in [5, 5.41) is 11.1. The predicted octanol–water partition coefficient (Wildman–Crippen LogP) is 6.15. The van der Waals surface area contributed by atoms with Crippen molar-refractivity contribution in [3.05, 3.63) is 54.6 Å². The topological polar surface area (TPSA) is 119 Å². The first-order valence-electron chi connectivity index (χ1n) is 11.2. The number of fused-ring (bicyclic) bond motifs is 4. The largest absolute Gasteiger partial charge is 0.573 e. The summed E-state index contributed by atoms with van der Waals surface area (Å²) >= 11 is 1.19. The molecule has 8 nitrogen and oxygen atoms in total. The molecule has 0 saturated carbocycles. The fourth-order valence-electron chi connectivity index (χ4n) is 3.99. The van der Waals surface area contributed by atoms with Gasteiger partial charge in [0.2, 0.25) is 10.0 Å². The molecule has 0 spiro atoms. The average molecular weight is 565 g/mol. The van der Waals surface area contributed by atoms with Crippen LogP contribution in [0.3, 0.4) is 0 Å². The zero-order chi connectivity index (χ0) is 27.4. The number of aromatic nitrogens is 1. The Bertz CT molecular complexity index is 1810. The molecule has 0 fully saturated rings. The normalized spacial score (nSPS) is 13.5. The number of halogens is 3. The van der Waals surface area contributed by atoms with Gasteiger partial charge in [-0.05, 0) is 54.4 Å². The second kappa shape index (κ2) is 9.26. The van der Waals surface area contributed by atoms with Crippen molar-refractivity contribution in [1.82, 2.24) is 9.71 Å². The summed E-state index contributed by atoms with van der Waals surface area (Å²) in [7, 11) is -4.13. The second-order valence-electron chi connectivity index (χ2n) is 8.85. The number of benzene rings is 3. The van der Waals surface area contributed by atoms with E-state index in [1.54, 1.807) is 32.0 Å². The molecule has 0 aliphatic heterocycles. The number of ether oxygens (including phenoxy) is 1. The van der Waals surface area contributed by atoms with Crippen LogP contribution in [0.1, 0.15) is 13.8 Å². The third-order valence-electron chi connectivity index (χ3n) is 5.81. The molecule has 198 valence electrons. The minimum atomic E-state index is -4.80. The van der Waals surface area contributed by atoms with Gasteiger partial charge in [-0.2, -0.15) is 4.72 Å². The Morgan fingerprint density at radius 1 is 1.05 bits per heavy atom. The van der Waals surface area contributed by atoms with Gasteiger partial charge in [-0.1, -0.05) is 19.9 Å². The molecule has 5 rings (SSSR count). The molecule has 0 aliphatic rings. The maximum atomic E-state index is 12.9. The van der Waals surface area contributed by atoms with E-state index >= 15 is 0 Å². The molecule has 0 saturated heterocycles. The molecule has 0 unspecified atom stereocenters. The Hall–Kier alpha value is -3.68. The predicted molar refractivity (Wildman–Crippen MR) is 136 cm³/mol. The zero-order valence-electron chi connectivity index (χ0n) is 19.7. The number of aliphatic carboxylic acids is 1. The van der Waals surface area contributed by atoms with Gasteiger partial charge in [-0.15, -0.1) is 24.5 Å². The number of carboxylic acid groups (broad SMARTS) is 1. The van der Waals surface area contributed by atoms with Crippen LogP contribution in [-0.4, -0.2) is 36.9 Å². The summed E-state index contributed by atoms with van der Waals surface area (Å²) in [5.74, 6) is -2.08. The van der Waals surface area contributed by atoms with Crippen molar-refractivity contribution in [1.29, 1.82) is 0 Å². The highest BCUT2D eigenvalue weighted by molar-refractivity contribution is 7.89. The van der Waals surface area contributed by atoms with Gasteiger partial charge in [0.05, 0.1) is 15.1 Å². The minimum Gasteiger partial charge on any atom is -0.480 e. The van der Waals surface area contributed by atoms with Crippen molar-refractivity contribution in [3.63, 3.8) is 0 Å². The Balaban J connectivity index is 1.50. The van der Waals surface area contributed by atoms with Crippen LogP contribution in [0.5, 0.6) is 5.75 Å². The molecule has 3 aromatic carbocycles. The van der Waals surface area contributed by atoms with Gasteiger partial charge in [-0.25, -0.2) is 13.4 Å². The van der Waals surface area contributed by atoms with E-state index in [-0.39, 0.29) is 10.6 Å². The quantitative estimate of drug-likeness (QED) is 0.243.